The first kappa shape index (κ1) is 13.8. The SMILES string of the molecule is C#CCN(CC)Cc1cc(CNC(C)C)no1. The summed E-state index contributed by atoms with van der Waals surface area (Å²) in [6.45, 7) is 9.29. The highest BCUT2D eigenvalue weighted by Gasteiger charge is 2.08. The molecule has 1 heterocycles. The molecule has 0 radical (unpaired) electrons. The fourth-order valence-electron chi connectivity index (χ4n) is 1.45. The molecule has 4 heteroatoms. The van der Waals surface area contributed by atoms with Crippen molar-refractivity contribution in [2.75, 3.05) is 13.1 Å². The first-order valence-electron chi connectivity index (χ1n) is 5.99. The van der Waals surface area contributed by atoms with E-state index < -0.39 is 0 Å². The number of aromatic nitrogens is 1. The minimum absolute atomic E-state index is 0.448. The van der Waals surface area contributed by atoms with Crippen LogP contribution in [-0.2, 0) is 13.1 Å². The fourth-order valence-corrected chi connectivity index (χ4v) is 1.45. The van der Waals surface area contributed by atoms with Crippen molar-refractivity contribution < 1.29 is 4.52 Å². The highest BCUT2D eigenvalue weighted by Crippen LogP contribution is 2.07. The molecule has 0 saturated heterocycles. The Morgan fingerprint density at radius 1 is 1.59 bits per heavy atom. The van der Waals surface area contributed by atoms with Crippen molar-refractivity contribution >= 4 is 0 Å². The van der Waals surface area contributed by atoms with Gasteiger partial charge in [0.05, 0.1) is 18.8 Å². The van der Waals surface area contributed by atoms with E-state index in [2.05, 4.69) is 42.1 Å². The minimum atomic E-state index is 0.448. The average Bonchev–Trinajstić information content (AvgIpc) is 2.73. The van der Waals surface area contributed by atoms with E-state index in [1.807, 2.05) is 6.07 Å². The molecule has 1 aromatic heterocycles. The maximum atomic E-state index is 5.30. The smallest absolute Gasteiger partial charge is 0.151 e. The molecule has 94 valence electrons. The van der Waals surface area contributed by atoms with Gasteiger partial charge >= 0.3 is 0 Å². The van der Waals surface area contributed by atoms with Crippen LogP contribution < -0.4 is 5.32 Å². The standard InChI is InChI=1S/C13H21N3O/c1-5-7-16(6-2)10-13-8-12(15-17-13)9-14-11(3)4/h1,8,11,14H,6-7,9-10H2,2-4H3. The van der Waals surface area contributed by atoms with Crippen molar-refractivity contribution in [3.05, 3.63) is 17.5 Å². The van der Waals surface area contributed by atoms with E-state index in [9.17, 15) is 0 Å². The van der Waals surface area contributed by atoms with Crippen molar-refractivity contribution in [3.8, 4) is 12.3 Å². The van der Waals surface area contributed by atoms with Gasteiger partial charge in [-0.3, -0.25) is 4.90 Å². The van der Waals surface area contributed by atoms with Gasteiger partial charge in [0.1, 0.15) is 0 Å². The third-order valence-corrected chi connectivity index (χ3v) is 2.44. The van der Waals surface area contributed by atoms with Crippen LogP contribution in [0, 0.1) is 12.3 Å². The second kappa shape index (κ2) is 7.10. The van der Waals surface area contributed by atoms with E-state index in [1.165, 1.54) is 0 Å². The van der Waals surface area contributed by atoms with Crippen LogP contribution in [0.4, 0.5) is 0 Å². The molecule has 0 aromatic carbocycles. The van der Waals surface area contributed by atoms with Crippen LogP contribution in [0.3, 0.4) is 0 Å². The number of hydrogen-bond acceptors (Lipinski definition) is 4. The zero-order valence-corrected chi connectivity index (χ0v) is 10.9. The van der Waals surface area contributed by atoms with Crippen molar-refractivity contribution in [1.29, 1.82) is 0 Å². The third kappa shape index (κ3) is 5.03. The highest BCUT2D eigenvalue weighted by molar-refractivity contribution is 5.05. The lowest BCUT2D eigenvalue weighted by Gasteiger charge is -2.14. The van der Waals surface area contributed by atoms with E-state index in [4.69, 9.17) is 10.9 Å². The molecule has 1 rings (SSSR count). The summed E-state index contributed by atoms with van der Waals surface area (Å²) in [5.41, 5.74) is 0.936. The molecule has 0 atom stereocenters. The molecule has 4 nitrogen and oxygen atoms in total. The van der Waals surface area contributed by atoms with Crippen molar-refractivity contribution in [1.82, 2.24) is 15.4 Å². The van der Waals surface area contributed by atoms with Crippen LogP contribution in [0.15, 0.2) is 10.6 Å². The van der Waals surface area contributed by atoms with Gasteiger partial charge in [-0.15, -0.1) is 6.42 Å². The topological polar surface area (TPSA) is 41.3 Å². The maximum Gasteiger partial charge on any atom is 0.151 e. The lowest BCUT2D eigenvalue weighted by atomic mass is 10.3. The fraction of sp³-hybridized carbons (Fsp3) is 0.615. The number of nitrogens with zero attached hydrogens (tertiary/aromatic N) is 2. The Kier molecular flexibility index (Phi) is 5.75. The highest BCUT2D eigenvalue weighted by atomic mass is 16.5. The molecule has 0 fully saturated rings. The largest absolute Gasteiger partial charge is 0.360 e. The molecule has 0 amide bonds. The quantitative estimate of drug-likeness (QED) is 0.729. The predicted molar refractivity (Wildman–Crippen MR) is 68.3 cm³/mol. The Hall–Kier alpha value is -1.31. The Morgan fingerprint density at radius 3 is 2.94 bits per heavy atom. The average molecular weight is 235 g/mol. The molecule has 0 aliphatic carbocycles. The Bertz CT molecular complexity index is 365. The first-order valence-corrected chi connectivity index (χ1v) is 5.99. The molecule has 0 aliphatic heterocycles. The van der Waals surface area contributed by atoms with Gasteiger partial charge < -0.3 is 9.84 Å². The second-order valence-electron chi connectivity index (χ2n) is 4.33. The monoisotopic (exact) mass is 235 g/mol. The van der Waals surface area contributed by atoms with Crippen LogP contribution in [0.2, 0.25) is 0 Å². The van der Waals surface area contributed by atoms with Gasteiger partial charge in [0.15, 0.2) is 5.76 Å². The molecule has 0 unspecified atom stereocenters. The zero-order valence-electron chi connectivity index (χ0n) is 10.9. The molecule has 0 bridgehead atoms. The lowest BCUT2D eigenvalue weighted by molar-refractivity contribution is 0.264. The minimum Gasteiger partial charge on any atom is -0.360 e. The van der Waals surface area contributed by atoms with E-state index in [-0.39, 0.29) is 0 Å². The van der Waals surface area contributed by atoms with Crippen molar-refractivity contribution in [2.45, 2.75) is 39.9 Å². The lowest BCUT2D eigenvalue weighted by Crippen LogP contribution is -2.23. The number of rotatable bonds is 7. The van der Waals surface area contributed by atoms with E-state index in [0.717, 1.165) is 31.1 Å². The molecule has 0 aliphatic rings. The summed E-state index contributed by atoms with van der Waals surface area (Å²) >= 11 is 0. The maximum absolute atomic E-state index is 5.30. The summed E-state index contributed by atoms with van der Waals surface area (Å²) in [6.07, 6.45) is 5.30. The summed E-state index contributed by atoms with van der Waals surface area (Å²) in [7, 11) is 0. The predicted octanol–water partition coefficient (Wildman–Crippen LogP) is 1.63. The molecular weight excluding hydrogens is 214 g/mol. The summed E-state index contributed by atoms with van der Waals surface area (Å²) in [5, 5.41) is 7.32. The Balaban J connectivity index is 2.47. The van der Waals surface area contributed by atoms with Gasteiger partial charge in [-0.25, -0.2) is 0 Å². The van der Waals surface area contributed by atoms with Crippen LogP contribution in [0.1, 0.15) is 32.2 Å². The zero-order chi connectivity index (χ0) is 12.7. The molecule has 17 heavy (non-hydrogen) atoms. The number of hydrogen-bond donors (Lipinski definition) is 1. The third-order valence-electron chi connectivity index (χ3n) is 2.44. The van der Waals surface area contributed by atoms with Gasteiger partial charge in [-0.1, -0.05) is 31.8 Å². The molecular formula is C13H21N3O. The van der Waals surface area contributed by atoms with E-state index >= 15 is 0 Å². The van der Waals surface area contributed by atoms with E-state index in [1.54, 1.807) is 0 Å². The number of terminal acetylenes is 1. The first-order chi connectivity index (χ1) is 8.15. The normalized spacial score (nSPS) is 11.1. The van der Waals surface area contributed by atoms with Crippen molar-refractivity contribution in [3.63, 3.8) is 0 Å². The van der Waals surface area contributed by atoms with Crippen LogP contribution in [0.25, 0.3) is 0 Å². The van der Waals surface area contributed by atoms with Crippen LogP contribution in [0.5, 0.6) is 0 Å². The van der Waals surface area contributed by atoms with Crippen LogP contribution in [-0.4, -0.2) is 29.2 Å². The number of nitrogens with one attached hydrogen (secondary N) is 1. The summed E-state index contributed by atoms with van der Waals surface area (Å²) < 4.78 is 5.28. The van der Waals surface area contributed by atoms with Crippen molar-refractivity contribution in [2.24, 2.45) is 0 Å². The Morgan fingerprint density at radius 2 is 2.35 bits per heavy atom. The van der Waals surface area contributed by atoms with Gasteiger partial charge in [0, 0.05) is 18.7 Å². The summed E-state index contributed by atoms with van der Waals surface area (Å²) in [4.78, 5) is 2.13. The van der Waals surface area contributed by atoms with E-state index in [0.29, 0.717) is 12.6 Å². The van der Waals surface area contributed by atoms with Crippen LogP contribution >= 0.6 is 0 Å². The van der Waals surface area contributed by atoms with Gasteiger partial charge in [0.2, 0.25) is 0 Å². The molecule has 1 N–H and O–H groups in total. The molecule has 0 spiro atoms. The van der Waals surface area contributed by atoms with Gasteiger partial charge in [-0.2, -0.15) is 0 Å². The summed E-state index contributed by atoms with van der Waals surface area (Å²) in [6, 6.07) is 2.43. The van der Waals surface area contributed by atoms with Gasteiger partial charge in [0.25, 0.3) is 0 Å². The summed E-state index contributed by atoms with van der Waals surface area (Å²) in [5.74, 6) is 3.50. The van der Waals surface area contributed by atoms with Gasteiger partial charge in [-0.05, 0) is 6.54 Å². The second-order valence-corrected chi connectivity index (χ2v) is 4.33. The molecule has 1 aromatic rings. The Labute approximate surface area is 103 Å². The molecule has 0 saturated carbocycles.